The van der Waals surface area contributed by atoms with Gasteiger partial charge in [-0.3, -0.25) is 0 Å². The second-order valence-corrected chi connectivity index (χ2v) is 20.1. The highest BCUT2D eigenvalue weighted by molar-refractivity contribution is 6.10. The maximum atomic E-state index is 2.56. The van der Waals surface area contributed by atoms with E-state index >= 15 is 0 Å². The Hall–Kier alpha value is -7.42. The van der Waals surface area contributed by atoms with Crippen molar-refractivity contribution in [2.75, 3.05) is 4.90 Å². The Labute approximate surface area is 387 Å². The molecule has 2 nitrogen and oxygen atoms in total. The molecule has 1 heterocycles. The molecule has 2 fully saturated rings. The third kappa shape index (κ3) is 5.36. The monoisotopic (exact) mass is 846 g/mol. The van der Waals surface area contributed by atoms with Gasteiger partial charge in [-0.25, -0.2) is 0 Å². The second-order valence-electron chi connectivity index (χ2n) is 20.1. The van der Waals surface area contributed by atoms with Crippen LogP contribution in [0.25, 0.3) is 72.0 Å². The molecule has 0 N–H and O–H groups in total. The van der Waals surface area contributed by atoms with Gasteiger partial charge in [0.05, 0.1) is 11.0 Å². The van der Waals surface area contributed by atoms with Crippen molar-refractivity contribution in [3.05, 3.63) is 229 Å². The number of aromatic nitrogens is 1. The van der Waals surface area contributed by atoms with Crippen LogP contribution in [-0.2, 0) is 10.8 Å². The Morgan fingerprint density at radius 3 is 1.74 bits per heavy atom. The zero-order valence-corrected chi connectivity index (χ0v) is 37.5. The highest BCUT2D eigenvalue weighted by atomic mass is 15.1. The molecule has 2 heteroatoms. The molecule has 1 spiro atoms. The maximum Gasteiger partial charge on any atom is 0.0542 e. The van der Waals surface area contributed by atoms with Crippen molar-refractivity contribution in [3.8, 4) is 50.2 Å². The topological polar surface area (TPSA) is 8.17 Å². The lowest BCUT2D eigenvalue weighted by Crippen LogP contribution is -2.31. The Kier molecular flexibility index (Phi) is 8.06. The number of anilines is 3. The van der Waals surface area contributed by atoms with Gasteiger partial charge in [-0.1, -0.05) is 160 Å². The van der Waals surface area contributed by atoms with E-state index in [9.17, 15) is 0 Å². The van der Waals surface area contributed by atoms with Crippen LogP contribution >= 0.6 is 0 Å². The highest BCUT2D eigenvalue weighted by Crippen LogP contribution is 2.66. The van der Waals surface area contributed by atoms with Crippen molar-refractivity contribution in [1.82, 2.24) is 4.57 Å². The Balaban J connectivity index is 0.844. The summed E-state index contributed by atoms with van der Waals surface area (Å²) in [6.45, 7) is 4.74. The summed E-state index contributed by atoms with van der Waals surface area (Å²) < 4.78 is 2.40. The van der Waals surface area contributed by atoms with Gasteiger partial charge in [-0.05, 0) is 165 Å². The summed E-state index contributed by atoms with van der Waals surface area (Å²) in [7, 11) is 0. The van der Waals surface area contributed by atoms with Crippen LogP contribution in [0.5, 0.6) is 0 Å². The minimum absolute atomic E-state index is 0.112. The first-order valence-corrected chi connectivity index (χ1v) is 24.0. The standard InChI is InChI=1S/C64H50N2/c1-63(2)57-17-9-6-14-51(57)53-34-31-50(39-59(53)63)65(49-32-35-62-56(38-49)55-16-8-11-19-61(55)66(62)47-12-4-3-5-13-47)48-29-25-43(26-30-48)42-21-23-44(24-22-42)45-27-33-54-52-15-7-10-18-58(52)64(60(54)37-45)40-41-20-28-46(64)36-41/h3-19,21-27,29-35,37-39,41,46H,20,28,36,40H2,1-2H3. The highest BCUT2D eigenvalue weighted by Gasteiger charge is 2.56. The first-order chi connectivity index (χ1) is 32.4. The van der Waals surface area contributed by atoms with E-state index in [-0.39, 0.29) is 10.8 Å². The fourth-order valence-electron chi connectivity index (χ4n) is 13.5. The van der Waals surface area contributed by atoms with Gasteiger partial charge in [-0.15, -0.1) is 0 Å². The Morgan fingerprint density at radius 1 is 0.424 bits per heavy atom. The number of rotatable bonds is 6. The maximum absolute atomic E-state index is 2.56. The quantitative estimate of drug-likeness (QED) is 0.162. The van der Waals surface area contributed by atoms with Crippen molar-refractivity contribution < 1.29 is 0 Å². The lowest BCUT2D eigenvalue weighted by Gasteiger charge is -2.36. The van der Waals surface area contributed by atoms with Gasteiger partial charge in [0.15, 0.2) is 0 Å². The van der Waals surface area contributed by atoms with Crippen molar-refractivity contribution in [3.63, 3.8) is 0 Å². The first kappa shape index (κ1) is 37.9. The van der Waals surface area contributed by atoms with Crippen LogP contribution in [0, 0.1) is 11.8 Å². The molecule has 0 saturated heterocycles. The largest absolute Gasteiger partial charge is 0.310 e. The summed E-state index contributed by atoms with van der Waals surface area (Å²) in [6, 6.07) is 77.7. The Bertz CT molecular complexity index is 3570. The van der Waals surface area contributed by atoms with Gasteiger partial charge in [-0.2, -0.15) is 0 Å². The van der Waals surface area contributed by atoms with Crippen LogP contribution in [-0.4, -0.2) is 4.57 Å². The van der Waals surface area contributed by atoms with Gasteiger partial charge in [0.2, 0.25) is 0 Å². The third-order valence-corrected chi connectivity index (χ3v) is 16.5. The smallest absolute Gasteiger partial charge is 0.0542 e. The summed E-state index contributed by atoms with van der Waals surface area (Å²) in [5, 5.41) is 2.48. The fourth-order valence-corrected chi connectivity index (χ4v) is 13.5. The number of fused-ring (bicyclic) bond motifs is 14. The number of hydrogen-bond acceptors (Lipinski definition) is 1. The van der Waals surface area contributed by atoms with E-state index in [1.54, 1.807) is 11.1 Å². The van der Waals surface area contributed by atoms with Gasteiger partial charge in [0.25, 0.3) is 0 Å². The molecule has 10 aromatic rings. The molecule has 4 aliphatic carbocycles. The minimum Gasteiger partial charge on any atom is -0.310 e. The average Bonchev–Trinajstić information content (AvgIpc) is 4.18. The molecule has 1 aromatic heterocycles. The summed E-state index contributed by atoms with van der Waals surface area (Å²) >= 11 is 0. The first-order valence-electron chi connectivity index (χ1n) is 24.0. The van der Waals surface area contributed by atoms with Crippen LogP contribution in [0.2, 0.25) is 0 Å². The SMILES string of the molecule is CC1(C)c2ccccc2-c2ccc(N(c3ccc(-c4ccc(-c5ccc6c(c5)C5(CC7CCC5C7)c5ccccc5-6)cc4)cc3)c3ccc4c(c3)c3ccccc3n4-c3ccccc3)cc21. The van der Waals surface area contributed by atoms with Crippen molar-refractivity contribution in [2.45, 2.75) is 50.4 Å². The number of hydrogen-bond donors (Lipinski definition) is 0. The van der Waals surface area contributed by atoms with Crippen LogP contribution in [0.4, 0.5) is 17.1 Å². The molecule has 4 aliphatic rings. The van der Waals surface area contributed by atoms with Gasteiger partial charge < -0.3 is 9.47 Å². The van der Waals surface area contributed by atoms with Crippen LogP contribution in [0.3, 0.4) is 0 Å². The predicted octanol–water partition coefficient (Wildman–Crippen LogP) is 17.0. The van der Waals surface area contributed by atoms with E-state index in [1.165, 1.54) is 109 Å². The van der Waals surface area contributed by atoms with Crippen LogP contribution in [0.15, 0.2) is 206 Å². The molecule has 2 bridgehead atoms. The fraction of sp³-hybridized carbons (Fsp3) is 0.156. The molecule has 3 atom stereocenters. The zero-order valence-electron chi connectivity index (χ0n) is 37.5. The summed E-state index contributed by atoms with van der Waals surface area (Å²) in [5.74, 6) is 1.63. The number of benzene rings is 9. The van der Waals surface area contributed by atoms with E-state index in [2.05, 4.69) is 230 Å². The molecular formula is C64H50N2. The van der Waals surface area contributed by atoms with Gasteiger partial charge >= 0.3 is 0 Å². The normalized spacial score (nSPS) is 19.3. The summed E-state index contributed by atoms with van der Waals surface area (Å²) in [5.41, 5.74) is 23.6. The lowest BCUT2D eigenvalue weighted by molar-refractivity contribution is 0.327. The van der Waals surface area contributed by atoms with Gasteiger partial charge in [0, 0.05) is 44.4 Å². The van der Waals surface area contributed by atoms with Crippen molar-refractivity contribution >= 4 is 38.9 Å². The zero-order chi connectivity index (χ0) is 43.7. The van der Waals surface area contributed by atoms with Crippen molar-refractivity contribution in [1.29, 1.82) is 0 Å². The minimum atomic E-state index is -0.112. The molecule has 14 rings (SSSR count). The molecule has 3 unspecified atom stereocenters. The molecule has 9 aromatic carbocycles. The average molecular weight is 847 g/mol. The van der Waals surface area contributed by atoms with Crippen LogP contribution < -0.4 is 4.90 Å². The summed E-state index contributed by atoms with van der Waals surface area (Å²) in [4.78, 5) is 2.45. The molecule has 0 aliphatic heterocycles. The van der Waals surface area contributed by atoms with Gasteiger partial charge in [0.1, 0.15) is 0 Å². The third-order valence-electron chi connectivity index (χ3n) is 16.5. The molecule has 0 radical (unpaired) electrons. The van der Waals surface area contributed by atoms with E-state index in [0.717, 1.165) is 28.9 Å². The second kappa shape index (κ2) is 14.0. The summed E-state index contributed by atoms with van der Waals surface area (Å²) in [6.07, 6.45) is 5.47. The number of para-hydroxylation sites is 2. The van der Waals surface area contributed by atoms with E-state index < -0.39 is 0 Å². The van der Waals surface area contributed by atoms with E-state index in [0.29, 0.717) is 0 Å². The Morgan fingerprint density at radius 2 is 0.985 bits per heavy atom. The molecular weight excluding hydrogens is 797 g/mol. The number of nitrogens with zero attached hydrogens (tertiary/aromatic N) is 2. The lowest BCUT2D eigenvalue weighted by atomic mass is 9.66. The van der Waals surface area contributed by atoms with Crippen molar-refractivity contribution in [2.24, 2.45) is 11.8 Å². The molecule has 0 amide bonds. The molecule has 2 saturated carbocycles. The van der Waals surface area contributed by atoms with E-state index in [4.69, 9.17) is 0 Å². The molecule has 316 valence electrons. The van der Waals surface area contributed by atoms with Crippen LogP contribution in [0.1, 0.15) is 61.8 Å². The van der Waals surface area contributed by atoms with E-state index in [1.807, 2.05) is 0 Å². The predicted molar refractivity (Wildman–Crippen MR) is 276 cm³/mol. The molecule has 66 heavy (non-hydrogen) atoms.